The van der Waals surface area contributed by atoms with Crippen LogP contribution in [0.5, 0.6) is 0 Å². The number of benzene rings is 1. The third-order valence-corrected chi connectivity index (χ3v) is 4.24. The van der Waals surface area contributed by atoms with Gasteiger partial charge < -0.3 is 10.0 Å². The van der Waals surface area contributed by atoms with Crippen molar-refractivity contribution in [3.63, 3.8) is 0 Å². The van der Waals surface area contributed by atoms with Gasteiger partial charge in [-0.1, -0.05) is 18.2 Å². The molecule has 1 atom stereocenters. The van der Waals surface area contributed by atoms with E-state index in [2.05, 4.69) is 5.10 Å². The van der Waals surface area contributed by atoms with Gasteiger partial charge in [-0.3, -0.25) is 4.79 Å². The quantitative estimate of drug-likeness (QED) is 0.943. The second-order valence-corrected chi connectivity index (χ2v) is 5.81. The van der Waals surface area contributed by atoms with E-state index in [4.69, 9.17) is 0 Å². The summed E-state index contributed by atoms with van der Waals surface area (Å²) < 4.78 is 1.66. The molecule has 1 aliphatic rings. The van der Waals surface area contributed by atoms with Crippen LogP contribution in [-0.2, 0) is 4.79 Å². The van der Waals surface area contributed by atoms with Crippen molar-refractivity contribution in [3.05, 3.63) is 47.8 Å². The number of para-hydroxylation sites is 1. The number of carbonyl (C=O) groups excluding carboxylic acids is 1. The molecule has 1 aromatic carbocycles. The van der Waals surface area contributed by atoms with Gasteiger partial charge >= 0.3 is 5.97 Å². The molecule has 0 aliphatic carbocycles. The zero-order valence-electron chi connectivity index (χ0n) is 13.0. The number of amides is 1. The Labute approximate surface area is 134 Å². The molecule has 6 heteroatoms. The van der Waals surface area contributed by atoms with E-state index in [9.17, 15) is 14.7 Å². The Morgan fingerprint density at radius 1 is 1.26 bits per heavy atom. The predicted molar refractivity (Wildman–Crippen MR) is 84.6 cm³/mol. The minimum absolute atomic E-state index is 0.267. The van der Waals surface area contributed by atoms with Gasteiger partial charge in [0.2, 0.25) is 0 Å². The molecule has 1 N–H and O–H groups in total. The minimum Gasteiger partial charge on any atom is -0.480 e. The van der Waals surface area contributed by atoms with Crippen LogP contribution in [0.15, 0.2) is 36.7 Å². The molecule has 0 unspecified atom stereocenters. The molecule has 0 radical (unpaired) electrons. The number of carboxylic acids is 1. The van der Waals surface area contributed by atoms with Crippen LogP contribution in [0.4, 0.5) is 0 Å². The molecule has 2 aromatic rings. The molecule has 1 amide bonds. The molecule has 6 nitrogen and oxygen atoms in total. The minimum atomic E-state index is -0.940. The average Bonchev–Trinajstić information content (AvgIpc) is 3.04. The first kappa shape index (κ1) is 15.3. The van der Waals surface area contributed by atoms with Crippen molar-refractivity contribution in [2.75, 3.05) is 6.54 Å². The molecular formula is C17H19N3O3. The monoisotopic (exact) mass is 313 g/mol. The van der Waals surface area contributed by atoms with Crippen molar-refractivity contribution in [3.8, 4) is 5.69 Å². The number of piperidine rings is 1. The molecule has 3 rings (SSSR count). The summed E-state index contributed by atoms with van der Waals surface area (Å²) in [5.74, 6) is -1.21. The van der Waals surface area contributed by atoms with Crippen LogP contribution in [0.2, 0.25) is 0 Å². The Morgan fingerprint density at radius 3 is 2.78 bits per heavy atom. The van der Waals surface area contributed by atoms with Crippen LogP contribution >= 0.6 is 0 Å². The second-order valence-electron chi connectivity index (χ2n) is 5.81. The van der Waals surface area contributed by atoms with E-state index >= 15 is 0 Å². The SMILES string of the molecule is Cc1ccccc1-n1cc(C(=O)N2CCCC[C@@H]2C(=O)O)cn1. The van der Waals surface area contributed by atoms with Crippen LogP contribution in [0.25, 0.3) is 5.69 Å². The summed E-state index contributed by atoms with van der Waals surface area (Å²) in [5, 5.41) is 13.6. The summed E-state index contributed by atoms with van der Waals surface area (Å²) >= 11 is 0. The Balaban J connectivity index is 1.86. The van der Waals surface area contributed by atoms with Crippen LogP contribution in [-0.4, -0.2) is 44.3 Å². The number of aromatic nitrogens is 2. The van der Waals surface area contributed by atoms with Gasteiger partial charge in [0.05, 0.1) is 17.4 Å². The maximum Gasteiger partial charge on any atom is 0.326 e. The highest BCUT2D eigenvalue weighted by Crippen LogP contribution is 2.21. The lowest BCUT2D eigenvalue weighted by molar-refractivity contribution is -0.143. The first-order valence-corrected chi connectivity index (χ1v) is 7.72. The maximum absolute atomic E-state index is 12.7. The number of hydrogen-bond donors (Lipinski definition) is 1. The number of hydrogen-bond acceptors (Lipinski definition) is 3. The first-order valence-electron chi connectivity index (χ1n) is 7.72. The number of likely N-dealkylation sites (tertiary alicyclic amines) is 1. The lowest BCUT2D eigenvalue weighted by atomic mass is 10.0. The van der Waals surface area contributed by atoms with Gasteiger partial charge in [0.1, 0.15) is 6.04 Å². The van der Waals surface area contributed by atoms with E-state index in [1.165, 1.54) is 11.1 Å². The number of aryl methyl sites for hydroxylation is 1. The molecule has 0 bridgehead atoms. The Hall–Kier alpha value is -2.63. The van der Waals surface area contributed by atoms with Crippen molar-refractivity contribution in [1.29, 1.82) is 0 Å². The molecule has 1 fully saturated rings. The Morgan fingerprint density at radius 2 is 2.04 bits per heavy atom. The topological polar surface area (TPSA) is 75.4 Å². The molecule has 0 spiro atoms. The number of rotatable bonds is 3. The van der Waals surface area contributed by atoms with Crippen LogP contribution in [0.3, 0.4) is 0 Å². The highest BCUT2D eigenvalue weighted by Gasteiger charge is 2.32. The van der Waals surface area contributed by atoms with Gasteiger partial charge in [0.15, 0.2) is 0 Å². The predicted octanol–water partition coefficient (Wildman–Crippen LogP) is 2.26. The number of carboxylic acid groups (broad SMARTS) is 1. The third-order valence-electron chi connectivity index (χ3n) is 4.24. The van der Waals surface area contributed by atoms with E-state index in [1.54, 1.807) is 10.9 Å². The average molecular weight is 313 g/mol. The van der Waals surface area contributed by atoms with Crippen molar-refractivity contribution >= 4 is 11.9 Å². The summed E-state index contributed by atoms with van der Waals surface area (Å²) in [6.45, 7) is 2.45. The van der Waals surface area contributed by atoms with Crippen molar-refractivity contribution in [1.82, 2.24) is 14.7 Å². The van der Waals surface area contributed by atoms with E-state index in [0.717, 1.165) is 24.1 Å². The van der Waals surface area contributed by atoms with Crippen molar-refractivity contribution in [2.45, 2.75) is 32.2 Å². The normalized spacial score (nSPS) is 18.0. The van der Waals surface area contributed by atoms with E-state index < -0.39 is 12.0 Å². The van der Waals surface area contributed by atoms with Gasteiger partial charge in [-0.2, -0.15) is 5.10 Å². The van der Waals surface area contributed by atoms with Crippen LogP contribution in [0.1, 0.15) is 35.2 Å². The number of carbonyl (C=O) groups is 2. The summed E-state index contributed by atoms with van der Waals surface area (Å²) in [5.41, 5.74) is 2.37. The molecule has 0 saturated carbocycles. The largest absolute Gasteiger partial charge is 0.480 e. The van der Waals surface area contributed by atoms with Crippen LogP contribution < -0.4 is 0 Å². The zero-order chi connectivity index (χ0) is 16.4. The van der Waals surface area contributed by atoms with E-state index in [1.807, 2.05) is 31.2 Å². The van der Waals surface area contributed by atoms with Gasteiger partial charge in [-0.05, 0) is 37.8 Å². The van der Waals surface area contributed by atoms with Crippen LogP contribution in [0, 0.1) is 6.92 Å². The Kier molecular flexibility index (Phi) is 4.14. The number of nitrogens with zero attached hydrogens (tertiary/aromatic N) is 3. The lowest BCUT2D eigenvalue weighted by Crippen LogP contribution is -2.47. The van der Waals surface area contributed by atoms with Crippen molar-refractivity contribution in [2.24, 2.45) is 0 Å². The molecule has 23 heavy (non-hydrogen) atoms. The fraction of sp³-hybridized carbons (Fsp3) is 0.353. The van der Waals surface area contributed by atoms with E-state index in [0.29, 0.717) is 18.5 Å². The highest BCUT2D eigenvalue weighted by atomic mass is 16.4. The number of aliphatic carboxylic acids is 1. The fourth-order valence-corrected chi connectivity index (χ4v) is 2.98. The van der Waals surface area contributed by atoms with E-state index in [-0.39, 0.29) is 5.91 Å². The third kappa shape index (κ3) is 2.97. The Bertz CT molecular complexity index is 738. The van der Waals surface area contributed by atoms with Gasteiger partial charge in [0.25, 0.3) is 5.91 Å². The molecular weight excluding hydrogens is 294 g/mol. The molecule has 1 saturated heterocycles. The summed E-state index contributed by atoms with van der Waals surface area (Å²) in [7, 11) is 0. The lowest BCUT2D eigenvalue weighted by Gasteiger charge is -2.32. The van der Waals surface area contributed by atoms with Gasteiger partial charge in [0, 0.05) is 12.7 Å². The fourth-order valence-electron chi connectivity index (χ4n) is 2.98. The van der Waals surface area contributed by atoms with Gasteiger partial charge in [-0.25, -0.2) is 9.48 Å². The second kappa shape index (κ2) is 6.24. The van der Waals surface area contributed by atoms with Crippen molar-refractivity contribution < 1.29 is 14.7 Å². The first-order chi connectivity index (χ1) is 11.1. The molecule has 1 aromatic heterocycles. The molecule has 2 heterocycles. The maximum atomic E-state index is 12.7. The molecule has 120 valence electrons. The highest BCUT2D eigenvalue weighted by molar-refractivity contribution is 5.96. The summed E-state index contributed by atoms with van der Waals surface area (Å²) in [4.78, 5) is 25.5. The zero-order valence-corrected chi connectivity index (χ0v) is 13.0. The smallest absolute Gasteiger partial charge is 0.326 e. The van der Waals surface area contributed by atoms with Gasteiger partial charge in [-0.15, -0.1) is 0 Å². The standard InChI is InChI=1S/C17H19N3O3/c1-12-6-2-3-7-14(12)20-11-13(10-18-20)16(21)19-9-5-4-8-15(19)17(22)23/h2-3,6-7,10-11,15H,4-5,8-9H2,1H3,(H,22,23)/t15-/m1/s1. The molecule has 1 aliphatic heterocycles. The summed E-state index contributed by atoms with van der Waals surface area (Å²) in [6, 6.07) is 7.02. The summed E-state index contributed by atoms with van der Waals surface area (Å²) in [6.07, 6.45) is 5.35.